The maximum absolute atomic E-state index is 12.3. The van der Waals surface area contributed by atoms with Crippen LogP contribution in [-0.4, -0.2) is 24.5 Å². The van der Waals surface area contributed by atoms with Crippen molar-refractivity contribution < 1.29 is 18.3 Å². The molecule has 1 aromatic carbocycles. The van der Waals surface area contributed by atoms with E-state index in [1.807, 2.05) is 0 Å². The summed E-state index contributed by atoms with van der Waals surface area (Å²) in [4.78, 5) is 14.4. The summed E-state index contributed by atoms with van der Waals surface area (Å²) < 4.78 is 27.4. The van der Waals surface area contributed by atoms with E-state index in [2.05, 4.69) is 25.6 Å². The number of aromatic nitrogens is 1. The van der Waals surface area contributed by atoms with E-state index in [0.29, 0.717) is 3.79 Å². The van der Waals surface area contributed by atoms with Gasteiger partial charge >= 0.3 is 5.97 Å². The van der Waals surface area contributed by atoms with Gasteiger partial charge in [0.2, 0.25) is 0 Å². The highest BCUT2D eigenvalue weighted by molar-refractivity contribution is 9.11. The summed E-state index contributed by atoms with van der Waals surface area (Å²) in [5, 5.41) is 8.63. The smallest absolute Gasteiger partial charge is 0.337 e. The monoisotopic (exact) mass is 430 g/mol. The molecule has 6 nitrogen and oxygen atoms in total. The van der Waals surface area contributed by atoms with Gasteiger partial charge in [0.25, 0.3) is 10.0 Å². The van der Waals surface area contributed by atoms with E-state index in [-0.39, 0.29) is 10.2 Å². The second-order valence-corrected chi connectivity index (χ2v) is 8.52. The van der Waals surface area contributed by atoms with E-state index >= 15 is 0 Å². The maximum atomic E-state index is 12.3. The highest BCUT2D eigenvalue weighted by Crippen LogP contribution is 2.32. The summed E-state index contributed by atoms with van der Waals surface area (Å²) >= 11 is 15.8. The zero-order valence-electron chi connectivity index (χ0n) is 9.80. The van der Waals surface area contributed by atoms with Gasteiger partial charge in [0.05, 0.1) is 20.6 Å². The quantitative estimate of drug-likeness (QED) is 0.768. The predicted molar refractivity (Wildman–Crippen MR) is 84.0 cm³/mol. The number of carboxylic acids is 1. The Kier molecular flexibility index (Phi) is 4.79. The van der Waals surface area contributed by atoms with Gasteiger partial charge in [0.15, 0.2) is 5.13 Å². The molecule has 0 spiro atoms. The fourth-order valence-electron chi connectivity index (χ4n) is 1.39. The molecule has 1 aromatic heterocycles. The molecule has 1 heterocycles. The summed E-state index contributed by atoms with van der Waals surface area (Å²) in [5.74, 6) is -1.38. The Morgan fingerprint density at radius 3 is 2.57 bits per heavy atom. The van der Waals surface area contributed by atoms with Gasteiger partial charge in [0, 0.05) is 5.02 Å². The van der Waals surface area contributed by atoms with Gasteiger partial charge in [-0.25, -0.2) is 18.2 Å². The number of benzene rings is 1. The molecule has 0 fully saturated rings. The summed E-state index contributed by atoms with van der Waals surface area (Å²) in [6.07, 6.45) is 1.42. The second kappa shape index (κ2) is 6.09. The average molecular weight is 432 g/mol. The Morgan fingerprint density at radius 2 is 2.05 bits per heavy atom. The lowest BCUT2D eigenvalue weighted by Gasteiger charge is -2.09. The number of anilines is 1. The molecule has 0 saturated carbocycles. The van der Waals surface area contributed by atoms with E-state index in [0.717, 1.165) is 23.5 Å². The standard InChI is InChI=1S/C10H5BrCl2N2O4S2/c11-7-3-14-10(20-7)15-21(18,19)6-2-4(12)1-5(8(6)13)9(16)17/h1-3H,(H,14,15)(H,16,17). The van der Waals surface area contributed by atoms with Gasteiger partial charge < -0.3 is 5.11 Å². The molecule has 2 aromatic rings. The molecule has 0 aliphatic rings. The summed E-state index contributed by atoms with van der Waals surface area (Å²) in [7, 11) is -4.11. The summed E-state index contributed by atoms with van der Waals surface area (Å²) in [6, 6.07) is 2.15. The Labute approximate surface area is 141 Å². The fraction of sp³-hybridized carbons (Fsp3) is 0. The van der Waals surface area contributed by atoms with E-state index in [1.165, 1.54) is 6.20 Å². The molecule has 112 valence electrons. The van der Waals surface area contributed by atoms with Gasteiger partial charge in [-0.2, -0.15) is 0 Å². The van der Waals surface area contributed by atoms with E-state index < -0.39 is 31.5 Å². The Morgan fingerprint density at radius 1 is 1.38 bits per heavy atom. The van der Waals surface area contributed by atoms with Crippen molar-refractivity contribution in [3.63, 3.8) is 0 Å². The van der Waals surface area contributed by atoms with Crippen molar-refractivity contribution in [3.8, 4) is 0 Å². The van der Waals surface area contributed by atoms with Crippen LogP contribution in [0.25, 0.3) is 0 Å². The van der Waals surface area contributed by atoms with E-state index in [1.54, 1.807) is 0 Å². The van der Waals surface area contributed by atoms with Crippen LogP contribution in [0, 0.1) is 0 Å². The molecule has 2 N–H and O–H groups in total. The van der Waals surface area contributed by atoms with Crippen LogP contribution in [0.15, 0.2) is 27.0 Å². The van der Waals surface area contributed by atoms with Crippen molar-refractivity contribution in [1.82, 2.24) is 4.98 Å². The molecule has 0 aliphatic heterocycles. The van der Waals surface area contributed by atoms with Crippen LogP contribution in [-0.2, 0) is 10.0 Å². The lowest BCUT2D eigenvalue weighted by molar-refractivity contribution is 0.0697. The molecule has 11 heteroatoms. The lowest BCUT2D eigenvalue weighted by Crippen LogP contribution is -2.14. The number of sulfonamides is 1. The molecule has 0 bridgehead atoms. The molecule has 21 heavy (non-hydrogen) atoms. The van der Waals surface area contributed by atoms with Gasteiger partial charge in [-0.1, -0.05) is 34.5 Å². The average Bonchev–Trinajstić information content (AvgIpc) is 2.76. The van der Waals surface area contributed by atoms with Gasteiger partial charge in [0.1, 0.15) is 4.90 Å². The molecule has 0 radical (unpaired) electrons. The van der Waals surface area contributed by atoms with Gasteiger partial charge in [-0.15, -0.1) is 0 Å². The number of thiazole rings is 1. The van der Waals surface area contributed by atoms with Gasteiger partial charge in [-0.3, -0.25) is 4.72 Å². The highest BCUT2D eigenvalue weighted by atomic mass is 79.9. The van der Waals surface area contributed by atoms with Crippen LogP contribution in [0.1, 0.15) is 10.4 Å². The summed E-state index contributed by atoms with van der Waals surface area (Å²) in [6.45, 7) is 0. The molecule has 0 unspecified atom stereocenters. The minimum absolute atomic E-state index is 0.0579. The van der Waals surface area contributed by atoms with Crippen LogP contribution in [0.5, 0.6) is 0 Å². The first-order valence-electron chi connectivity index (χ1n) is 5.07. The maximum Gasteiger partial charge on any atom is 0.337 e. The predicted octanol–water partition coefficient (Wildman–Crippen LogP) is 3.71. The molecule has 0 saturated heterocycles. The molecule has 0 aliphatic carbocycles. The second-order valence-electron chi connectivity index (χ2n) is 3.65. The van der Waals surface area contributed by atoms with E-state index in [4.69, 9.17) is 28.3 Å². The minimum Gasteiger partial charge on any atom is -0.478 e. The molecular weight excluding hydrogens is 427 g/mol. The van der Waals surface area contributed by atoms with Gasteiger partial charge in [-0.05, 0) is 28.1 Å². The number of nitrogens with one attached hydrogen (secondary N) is 1. The van der Waals surface area contributed by atoms with Crippen molar-refractivity contribution in [3.05, 3.63) is 37.7 Å². The number of aromatic carboxylic acids is 1. The molecule has 0 atom stereocenters. The molecule has 2 rings (SSSR count). The third-order valence-corrected chi connectivity index (χ3v) is 5.84. The Bertz CT molecular complexity index is 822. The van der Waals surface area contributed by atoms with Crippen LogP contribution in [0.3, 0.4) is 0 Å². The number of carbonyl (C=O) groups is 1. The fourth-order valence-corrected chi connectivity index (χ4v) is 4.64. The number of nitrogens with zero attached hydrogens (tertiary/aromatic N) is 1. The third-order valence-electron chi connectivity index (χ3n) is 2.22. The van der Waals surface area contributed by atoms with Crippen molar-refractivity contribution in [1.29, 1.82) is 0 Å². The zero-order valence-corrected chi connectivity index (χ0v) is 14.5. The van der Waals surface area contributed by atoms with Crippen molar-refractivity contribution in [2.24, 2.45) is 0 Å². The number of hydrogen-bond donors (Lipinski definition) is 2. The normalized spacial score (nSPS) is 11.4. The largest absolute Gasteiger partial charge is 0.478 e. The summed E-state index contributed by atoms with van der Waals surface area (Å²) in [5.41, 5.74) is -0.398. The topological polar surface area (TPSA) is 96.4 Å². The lowest BCUT2D eigenvalue weighted by atomic mass is 10.2. The van der Waals surface area contributed by atoms with Crippen molar-refractivity contribution in [2.75, 3.05) is 4.72 Å². The minimum atomic E-state index is -4.11. The first-order chi connectivity index (χ1) is 9.70. The van der Waals surface area contributed by atoms with Crippen LogP contribution in [0.4, 0.5) is 5.13 Å². The Hall–Kier alpha value is -0.870. The molecule has 0 amide bonds. The first kappa shape index (κ1) is 16.5. The Balaban J connectivity index is 2.52. The number of halogens is 3. The van der Waals surface area contributed by atoms with Crippen molar-refractivity contribution in [2.45, 2.75) is 4.90 Å². The molecular formula is C10H5BrCl2N2O4S2. The SMILES string of the molecule is O=C(O)c1cc(Cl)cc(S(=O)(=O)Nc2ncc(Br)s2)c1Cl. The first-order valence-corrected chi connectivity index (χ1v) is 8.92. The number of carboxylic acid groups (broad SMARTS) is 1. The third kappa shape index (κ3) is 3.67. The highest BCUT2D eigenvalue weighted by Gasteiger charge is 2.24. The van der Waals surface area contributed by atoms with E-state index in [9.17, 15) is 13.2 Å². The van der Waals surface area contributed by atoms with Crippen LogP contribution >= 0.6 is 50.5 Å². The van der Waals surface area contributed by atoms with Crippen molar-refractivity contribution >= 4 is 71.6 Å². The number of rotatable bonds is 4. The number of hydrogen-bond acceptors (Lipinski definition) is 5. The van der Waals surface area contributed by atoms with Crippen LogP contribution < -0.4 is 4.72 Å². The zero-order chi connectivity index (χ0) is 15.8. The van der Waals surface area contributed by atoms with Crippen LogP contribution in [0.2, 0.25) is 10.0 Å².